The van der Waals surface area contributed by atoms with Gasteiger partial charge in [0.1, 0.15) is 5.78 Å². The van der Waals surface area contributed by atoms with Gasteiger partial charge in [0.2, 0.25) is 0 Å². The average molecular weight is 228 g/mol. The number of fused-ring (bicyclic) bond motifs is 1. The van der Waals surface area contributed by atoms with Gasteiger partial charge in [-0.05, 0) is 19.3 Å². The molecule has 1 aliphatic carbocycles. The Morgan fingerprint density at radius 1 is 1.62 bits per heavy atom. The summed E-state index contributed by atoms with van der Waals surface area (Å²) in [6, 6.07) is 0. The highest BCUT2D eigenvalue weighted by Crippen LogP contribution is 2.56. The van der Waals surface area contributed by atoms with Crippen LogP contribution in [0.2, 0.25) is 0 Å². The van der Waals surface area contributed by atoms with Crippen LogP contribution in [0.1, 0.15) is 26.7 Å². The lowest BCUT2D eigenvalue weighted by atomic mass is 9.72. The van der Waals surface area contributed by atoms with Gasteiger partial charge in [-0.25, -0.2) is 0 Å². The Hall–Kier alpha value is -0.450. The summed E-state index contributed by atoms with van der Waals surface area (Å²) >= 11 is 0. The second kappa shape index (κ2) is 4.09. The van der Waals surface area contributed by atoms with Gasteiger partial charge in [-0.3, -0.25) is 0 Å². The first-order chi connectivity index (χ1) is 7.50. The lowest BCUT2D eigenvalue weighted by Gasteiger charge is -2.35. The highest BCUT2D eigenvalue weighted by molar-refractivity contribution is 5.76. The number of Topliss-reactive ketones (excluding diaryl/α,β-unsaturated/α-hetero) is 1. The summed E-state index contributed by atoms with van der Waals surface area (Å²) in [5, 5.41) is 10.1. The first kappa shape index (κ1) is 12.0. The van der Waals surface area contributed by atoms with Crippen LogP contribution in [0.25, 0.3) is 0 Å². The maximum atomic E-state index is 11.3. The number of ketones is 1. The summed E-state index contributed by atoms with van der Waals surface area (Å²) in [5.41, 5.74) is -0.222. The lowest BCUT2D eigenvalue weighted by molar-refractivity contribution is -0.160. The third-order valence-electron chi connectivity index (χ3n) is 4.35. The molecule has 1 saturated heterocycles. The fraction of sp³-hybridized carbons (Fsp3) is 0.917. The van der Waals surface area contributed by atoms with Crippen molar-refractivity contribution in [3.63, 3.8) is 0 Å². The SMILES string of the molecule is COC1OC[C@@H]2C[C@H](O)[C@H](CC(C)=O)[C@]12C. The minimum absolute atomic E-state index is 0.0394. The smallest absolute Gasteiger partial charge is 0.163 e. The van der Waals surface area contributed by atoms with Gasteiger partial charge in [0, 0.05) is 24.9 Å². The average Bonchev–Trinajstić information content (AvgIpc) is 2.63. The van der Waals surface area contributed by atoms with Crippen molar-refractivity contribution in [2.24, 2.45) is 17.3 Å². The van der Waals surface area contributed by atoms with Gasteiger partial charge >= 0.3 is 0 Å². The molecule has 16 heavy (non-hydrogen) atoms. The maximum Gasteiger partial charge on any atom is 0.163 e. The molecule has 2 fully saturated rings. The molecule has 5 atom stereocenters. The second-order valence-corrected chi connectivity index (χ2v) is 5.28. The van der Waals surface area contributed by atoms with Crippen LogP contribution in [-0.2, 0) is 14.3 Å². The molecule has 4 nitrogen and oxygen atoms in total. The Morgan fingerprint density at radius 2 is 2.31 bits per heavy atom. The van der Waals surface area contributed by atoms with Crippen molar-refractivity contribution >= 4 is 5.78 Å². The van der Waals surface area contributed by atoms with E-state index in [1.165, 1.54) is 0 Å². The molecule has 0 aromatic heterocycles. The van der Waals surface area contributed by atoms with Crippen molar-refractivity contribution in [1.29, 1.82) is 0 Å². The minimum Gasteiger partial charge on any atom is -0.393 e. The molecule has 0 radical (unpaired) electrons. The summed E-state index contributed by atoms with van der Waals surface area (Å²) in [6.07, 6.45) is 0.436. The molecule has 4 heteroatoms. The number of hydrogen-bond donors (Lipinski definition) is 1. The topological polar surface area (TPSA) is 55.8 Å². The molecule has 0 aromatic rings. The van der Waals surface area contributed by atoms with E-state index in [-0.39, 0.29) is 23.4 Å². The standard InChI is InChI=1S/C12H20O4/c1-7(13)4-9-10(14)5-8-6-16-11(15-3)12(8,9)2/h8-11,14H,4-6H2,1-3H3/t8-,9-,10-,11?,12+/m0/s1. The Balaban J connectivity index is 2.24. The molecule has 0 aromatic carbocycles. The Bertz CT molecular complexity index is 287. The van der Waals surface area contributed by atoms with Crippen LogP contribution in [0.15, 0.2) is 0 Å². The number of aliphatic hydroxyl groups is 1. The molecule has 0 spiro atoms. The van der Waals surface area contributed by atoms with Crippen LogP contribution in [0.3, 0.4) is 0 Å². The van der Waals surface area contributed by atoms with Crippen molar-refractivity contribution in [3.05, 3.63) is 0 Å². The number of aliphatic hydroxyl groups excluding tert-OH is 1. The van der Waals surface area contributed by atoms with E-state index in [2.05, 4.69) is 6.92 Å². The fourth-order valence-corrected chi connectivity index (χ4v) is 3.41. The quantitative estimate of drug-likeness (QED) is 0.782. The molecule has 1 N–H and O–H groups in total. The van der Waals surface area contributed by atoms with E-state index in [0.29, 0.717) is 25.4 Å². The number of rotatable bonds is 3. The Kier molecular flexibility index (Phi) is 3.07. The second-order valence-electron chi connectivity index (χ2n) is 5.28. The van der Waals surface area contributed by atoms with Crippen molar-refractivity contribution < 1.29 is 19.4 Å². The Labute approximate surface area is 95.9 Å². The summed E-state index contributed by atoms with van der Waals surface area (Å²) in [4.78, 5) is 11.3. The van der Waals surface area contributed by atoms with Gasteiger partial charge in [0.15, 0.2) is 6.29 Å². The molecule has 2 aliphatic rings. The molecule has 1 heterocycles. The zero-order valence-electron chi connectivity index (χ0n) is 10.1. The van der Waals surface area contributed by atoms with Crippen LogP contribution in [0.4, 0.5) is 0 Å². The number of methoxy groups -OCH3 is 1. The zero-order chi connectivity index (χ0) is 11.9. The number of carbonyl (C=O) groups excluding carboxylic acids is 1. The largest absolute Gasteiger partial charge is 0.393 e. The fourth-order valence-electron chi connectivity index (χ4n) is 3.41. The lowest BCUT2D eigenvalue weighted by Crippen LogP contribution is -2.40. The predicted molar refractivity (Wildman–Crippen MR) is 57.8 cm³/mol. The van der Waals surface area contributed by atoms with Gasteiger partial charge in [-0.1, -0.05) is 6.92 Å². The summed E-state index contributed by atoms with van der Waals surface area (Å²) < 4.78 is 10.9. The maximum absolute atomic E-state index is 11.3. The molecular formula is C12H20O4. The van der Waals surface area contributed by atoms with Crippen LogP contribution in [0.5, 0.6) is 0 Å². The van der Waals surface area contributed by atoms with Crippen LogP contribution < -0.4 is 0 Å². The normalized spacial score (nSPS) is 47.0. The molecule has 0 amide bonds. The highest BCUT2D eigenvalue weighted by Gasteiger charge is 2.60. The van der Waals surface area contributed by atoms with Crippen molar-refractivity contribution in [1.82, 2.24) is 0 Å². The van der Waals surface area contributed by atoms with E-state index in [1.54, 1.807) is 14.0 Å². The summed E-state index contributed by atoms with van der Waals surface area (Å²) in [5.74, 6) is 0.381. The van der Waals surface area contributed by atoms with Gasteiger partial charge in [0.25, 0.3) is 0 Å². The van der Waals surface area contributed by atoms with E-state index < -0.39 is 6.10 Å². The van der Waals surface area contributed by atoms with Crippen LogP contribution >= 0.6 is 0 Å². The third kappa shape index (κ3) is 1.60. The molecule has 1 unspecified atom stereocenters. The van der Waals surface area contributed by atoms with Crippen molar-refractivity contribution in [2.75, 3.05) is 13.7 Å². The molecule has 0 bridgehead atoms. The van der Waals surface area contributed by atoms with E-state index in [4.69, 9.17) is 9.47 Å². The van der Waals surface area contributed by atoms with Gasteiger partial charge in [-0.15, -0.1) is 0 Å². The molecule has 92 valence electrons. The molecular weight excluding hydrogens is 208 g/mol. The van der Waals surface area contributed by atoms with E-state index in [9.17, 15) is 9.90 Å². The zero-order valence-corrected chi connectivity index (χ0v) is 10.1. The third-order valence-corrected chi connectivity index (χ3v) is 4.35. The number of hydrogen-bond acceptors (Lipinski definition) is 4. The van der Waals surface area contributed by atoms with Crippen LogP contribution in [-0.4, -0.2) is 37.0 Å². The molecule has 1 aliphatic heterocycles. The van der Waals surface area contributed by atoms with Crippen molar-refractivity contribution in [2.45, 2.75) is 39.1 Å². The van der Waals surface area contributed by atoms with Gasteiger partial charge in [0.05, 0.1) is 12.7 Å². The minimum atomic E-state index is -0.402. The first-order valence-corrected chi connectivity index (χ1v) is 5.82. The summed E-state index contributed by atoms with van der Waals surface area (Å²) in [7, 11) is 1.62. The van der Waals surface area contributed by atoms with Gasteiger partial charge < -0.3 is 19.4 Å². The van der Waals surface area contributed by atoms with E-state index in [0.717, 1.165) is 0 Å². The predicted octanol–water partition coefficient (Wildman–Crippen LogP) is 0.971. The van der Waals surface area contributed by atoms with Crippen LogP contribution in [0, 0.1) is 17.3 Å². The monoisotopic (exact) mass is 228 g/mol. The van der Waals surface area contributed by atoms with Crippen molar-refractivity contribution in [3.8, 4) is 0 Å². The number of ether oxygens (including phenoxy) is 2. The molecule has 2 rings (SSSR count). The molecule has 1 saturated carbocycles. The number of carbonyl (C=O) groups is 1. The van der Waals surface area contributed by atoms with Gasteiger partial charge in [-0.2, -0.15) is 0 Å². The highest BCUT2D eigenvalue weighted by atomic mass is 16.7. The summed E-state index contributed by atoms with van der Waals surface area (Å²) in [6.45, 7) is 4.27. The first-order valence-electron chi connectivity index (χ1n) is 5.82. The van der Waals surface area contributed by atoms with E-state index in [1.807, 2.05) is 0 Å². The van der Waals surface area contributed by atoms with E-state index >= 15 is 0 Å². The Morgan fingerprint density at radius 3 is 2.88 bits per heavy atom.